The zero-order chi connectivity index (χ0) is 40.9. The second kappa shape index (κ2) is 13.8. The first-order valence-corrected chi connectivity index (χ1v) is 22.0. The van der Waals surface area contributed by atoms with Gasteiger partial charge in [0.15, 0.2) is 0 Å². The van der Waals surface area contributed by atoms with E-state index in [4.69, 9.17) is 9.41 Å². The molecule has 1 aliphatic rings. The SMILES string of the molecule is C[C@@H]1C(c2ccc3ccccc3c2)=NC(c2ccc3c(ccc4ccccc43)c2)CCC1c1cc(-n2c3ccccc3c3cc4ccccc4cc32)cc2oc3ccccc3c12. The van der Waals surface area contributed by atoms with Crippen LogP contribution in [-0.2, 0) is 0 Å². The van der Waals surface area contributed by atoms with Gasteiger partial charge in [-0.3, -0.25) is 4.99 Å². The number of aliphatic imine (C=N–C) groups is 1. The van der Waals surface area contributed by atoms with Crippen molar-refractivity contribution < 1.29 is 4.42 Å². The summed E-state index contributed by atoms with van der Waals surface area (Å²) in [7, 11) is 0. The van der Waals surface area contributed by atoms with Gasteiger partial charge in [0, 0.05) is 39.2 Å². The van der Waals surface area contributed by atoms with E-state index in [-0.39, 0.29) is 17.9 Å². The van der Waals surface area contributed by atoms with Gasteiger partial charge in [0.2, 0.25) is 0 Å². The quantitative estimate of drug-likeness (QED) is 0.163. The molecule has 0 radical (unpaired) electrons. The normalized spacial score (nSPS) is 17.2. The molecule has 0 saturated heterocycles. The van der Waals surface area contributed by atoms with Crippen LogP contribution in [0.1, 0.15) is 48.4 Å². The van der Waals surface area contributed by atoms with Gasteiger partial charge in [-0.1, -0.05) is 153 Å². The minimum Gasteiger partial charge on any atom is -0.456 e. The topological polar surface area (TPSA) is 30.4 Å². The largest absolute Gasteiger partial charge is 0.456 e. The number of nitrogens with zero attached hydrogens (tertiary/aromatic N) is 2. The van der Waals surface area contributed by atoms with Crippen molar-refractivity contribution in [2.45, 2.75) is 31.7 Å². The fraction of sp³-hybridized carbons (Fsp3) is 0.102. The molecule has 0 saturated carbocycles. The van der Waals surface area contributed by atoms with Crippen LogP contribution in [0.4, 0.5) is 0 Å². The minimum atomic E-state index is 0.00479. The van der Waals surface area contributed by atoms with Crippen molar-refractivity contribution in [3.63, 3.8) is 0 Å². The molecule has 294 valence electrons. The molecule has 10 aromatic carbocycles. The maximum absolute atomic E-state index is 6.86. The molecule has 3 nitrogen and oxygen atoms in total. The van der Waals surface area contributed by atoms with Crippen LogP contribution in [0.2, 0.25) is 0 Å². The van der Waals surface area contributed by atoms with Crippen molar-refractivity contribution in [1.29, 1.82) is 0 Å². The molecule has 2 aromatic heterocycles. The second-order valence-corrected chi connectivity index (χ2v) is 17.4. The molecule has 13 rings (SSSR count). The summed E-state index contributed by atoms with van der Waals surface area (Å²) in [5.41, 5.74) is 10.3. The average Bonchev–Trinajstić information content (AvgIpc) is 3.80. The van der Waals surface area contributed by atoms with Crippen LogP contribution in [0.25, 0.3) is 92.5 Å². The van der Waals surface area contributed by atoms with E-state index in [9.17, 15) is 0 Å². The lowest BCUT2D eigenvalue weighted by molar-refractivity contribution is 0.510. The van der Waals surface area contributed by atoms with Gasteiger partial charge in [-0.15, -0.1) is 0 Å². The van der Waals surface area contributed by atoms with E-state index in [0.29, 0.717) is 0 Å². The lowest BCUT2D eigenvalue weighted by Crippen LogP contribution is -2.20. The van der Waals surface area contributed by atoms with Crippen molar-refractivity contribution in [3.05, 3.63) is 211 Å². The van der Waals surface area contributed by atoms with E-state index in [2.05, 4.69) is 206 Å². The van der Waals surface area contributed by atoms with E-state index in [0.717, 1.165) is 40.8 Å². The molecule has 0 amide bonds. The summed E-state index contributed by atoms with van der Waals surface area (Å²) >= 11 is 0. The predicted octanol–water partition coefficient (Wildman–Crippen LogP) is 16.0. The molecule has 0 fully saturated rings. The third kappa shape index (κ3) is 5.48. The molecule has 1 aliphatic heterocycles. The number of para-hydroxylation sites is 2. The number of benzene rings is 10. The molecule has 0 bridgehead atoms. The van der Waals surface area contributed by atoms with E-state index >= 15 is 0 Å². The first-order chi connectivity index (χ1) is 30.6. The molecule has 12 aromatic rings. The monoisotopic (exact) mass is 794 g/mol. The second-order valence-electron chi connectivity index (χ2n) is 17.4. The van der Waals surface area contributed by atoms with Crippen molar-refractivity contribution in [3.8, 4) is 5.69 Å². The lowest BCUT2D eigenvalue weighted by atomic mass is 9.78. The van der Waals surface area contributed by atoms with Crippen molar-refractivity contribution in [1.82, 2.24) is 4.57 Å². The van der Waals surface area contributed by atoms with Crippen molar-refractivity contribution in [2.75, 3.05) is 0 Å². The molecule has 0 spiro atoms. The summed E-state index contributed by atoms with van der Waals surface area (Å²) in [5, 5.41) is 14.9. The van der Waals surface area contributed by atoms with Gasteiger partial charge >= 0.3 is 0 Å². The van der Waals surface area contributed by atoms with Crippen LogP contribution >= 0.6 is 0 Å². The van der Waals surface area contributed by atoms with Crippen LogP contribution in [0, 0.1) is 5.92 Å². The fourth-order valence-corrected chi connectivity index (χ4v) is 10.9. The third-order valence-electron chi connectivity index (χ3n) is 14.0. The predicted molar refractivity (Wildman–Crippen MR) is 261 cm³/mol. The smallest absolute Gasteiger partial charge is 0.137 e. The third-order valence-corrected chi connectivity index (χ3v) is 14.0. The Bertz CT molecular complexity index is 3810. The van der Waals surface area contributed by atoms with Gasteiger partial charge in [-0.05, 0) is 121 Å². The van der Waals surface area contributed by atoms with Gasteiger partial charge in [-0.25, -0.2) is 0 Å². The highest BCUT2D eigenvalue weighted by Gasteiger charge is 2.33. The molecular formula is C59H42N2O. The van der Waals surface area contributed by atoms with E-state index in [1.807, 2.05) is 0 Å². The number of furan rings is 1. The van der Waals surface area contributed by atoms with E-state index in [1.165, 1.54) is 87.0 Å². The molecule has 0 aliphatic carbocycles. The summed E-state index contributed by atoms with van der Waals surface area (Å²) in [4.78, 5) is 5.85. The number of hydrogen-bond acceptors (Lipinski definition) is 2. The Morgan fingerprint density at radius 2 is 1.13 bits per heavy atom. The summed E-state index contributed by atoms with van der Waals surface area (Å²) in [6.07, 6.45) is 1.89. The van der Waals surface area contributed by atoms with Crippen LogP contribution in [-0.4, -0.2) is 10.3 Å². The van der Waals surface area contributed by atoms with Gasteiger partial charge in [0.05, 0.1) is 22.8 Å². The number of hydrogen-bond donors (Lipinski definition) is 0. The fourth-order valence-electron chi connectivity index (χ4n) is 10.9. The minimum absolute atomic E-state index is 0.00479. The summed E-state index contributed by atoms with van der Waals surface area (Å²) in [6.45, 7) is 2.42. The Balaban J connectivity index is 1.03. The first kappa shape index (κ1) is 35.3. The highest BCUT2D eigenvalue weighted by atomic mass is 16.3. The van der Waals surface area contributed by atoms with Crippen molar-refractivity contribution in [2.24, 2.45) is 10.9 Å². The number of fused-ring (bicyclic) bond motifs is 11. The standard InChI is InChI=1S/C59H42N2O/c1-36-46(28-29-53(60-59(36)44-25-22-37-12-2-3-14-39(37)30-44)43-26-27-48-42(31-43)24-23-38-13-6-7-17-47(38)48)52-34-45(35-57-58(52)50-19-9-11-21-56(50)62-57)61-54-20-10-8-18-49(54)51-32-40-15-4-5-16-41(40)33-55(51)61/h2-27,30-36,46,53H,28-29H2,1H3/t36-,46?,53?/m0/s1. The Morgan fingerprint density at radius 1 is 0.468 bits per heavy atom. The first-order valence-electron chi connectivity index (χ1n) is 22.0. The Morgan fingerprint density at radius 3 is 1.98 bits per heavy atom. The van der Waals surface area contributed by atoms with Gasteiger partial charge in [-0.2, -0.15) is 0 Å². The highest BCUT2D eigenvalue weighted by molar-refractivity contribution is 6.15. The Labute approximate surface area is 359 Å². The molecule has 0 N–H and O–H groups in total. The summed E-state index contributed by atoms with van der Waals surface area (Å²) < 4.78 is 9.33. The highest BCUT2D eigenvalue weighted by Crippen LogP contribution is 2.47. The lowest BCUT2D eigenvalue weighted by Gasteiger charge is -2.26. The number of rotatable bonds is 4. The van der Waals surface area contributed by atoms with Crippen LogP contribution < -0.4 is 0 Å². The zero-order valence-corrected chi connectivity index (χ0v) is 34.4. The summed E-state index contributed by atoms with van der Waals surface area (Å²) in [6, 6.07) is 71.5. The molecule has 62 heavy (non-hydrogen) atoms. The molecule has 3 heterocycles. The van der Waals surface area contributed by atoms with Gasteiger partial charge in [0.25, 0.3) is 0 Å². The zero-order valence-electron chi connectivity index (χ0n) is 34.4. The maximum Gasteiger partial charge on any atom is 0.137 e. The molecular weight excluding hydrogens is 753 g/mol. The van der Waals surface area contributed by atoms with Crippen LogP contribution in [0.15, 0.2) is 204 Å². The molecule has 2 unspecified atom stereocenters. The van der Waals surface area contributed by atoms with Gasteiger partial charge in [0.1, 0.15) is 11.2 Å². The van der Waals surface area contributed by atoms with E-state index in [1.54, 1.807) is 0 Å². The van der Waals surface area contributed by atoms with Crippen LogP contribution in [0.5, 0.6) is 0 Å². The van der Waals surface area contributed by atoms with Gasteiger partial charge < -0.3 is 8.98 Å². The van der Waals surface area contributed by atoms with Crippen LogP contribution in [0.3, 0.4) is 0 Å². The Kier molecular flexibility index (Phi) is 7.84. The molecule has 3 heteroatoms. The van der Waals surface area contributed by atoms with E-state index < -0.39 is 0 Å². The van der Waals surface area contributed by atoms with Crippen molar-refractivity contribution >= 4 is 92.5 Å². The Hall–Kier alpha value is -7.49. The summed E-state index contributed by atoms with van der Waals surface area (Å²) in [5.74, 6) is 0.270. The maximum atomic E-state index is 6.86. The number of aromatic nitrogens is 1. The average molecular weight is 795 g/mol. The molecule has 3 atom stereocenters.